The van der Waals surface area contributed by atoms with Crippen LogP contribution < -0.4 is 5.32 Å². The van der Waals surface area contributed by atoms with Crippen LogP contribution in [0.3, 0.4) is 0 Å². The minimum atomic E-state index is -0.195. The monoisotopic (exact) mass is 422 g/mol. The average Bonchev–Trinajstić information content (AvgIpc) is 3.05. The van der Waals surface area contributed by atoms with Crippen LogP contribution in [-0.4, -0.2) is 57.4 Å². The van der Waals surface area contributed by atoms with Crippen molar-refractivity contribution in [2.24, 2.45) is 5.92 Å². The fourth-order valence-electron chi connectivity index (χ4n) is 4.20. The summed E-state index contributed by atoms with van der Waals surface area (Å²) in [5, 5.41) is 13.2. The lowest BCUT2D eigenvalue weighted by Gasteiger charge is -2.23. The number of rotatable bonds is 7. The Kier molecular flexibility index (Phi) is 6.58. The molecule has 1 aromatic carbocycles. The van der Waals surface area contributed by atoms with Gasteiger partial charge in [0, 0.05) is 51.3 Å². The van der Waals surface area contributed by atoms with Crippen LogP contribution in [0, 0.1) is 5.92 Å². The van der Waals surface area contributed by atoms with Crippen molar-refractivity contribution in [1.82, 2.24) is 30.0 Å². The first-order valence-corrected chi connectivity index (χ1v) is 10.8. The normalized spacial score (nSPS) is 15.6. The summed E-state index contributed by atoms with van der Waals surface area (Å²) < 4.78 is 7.15. The van der Waals surface area contributed by atoms with Crippen LogP contribution in [0.5, 0.6) is 0 Å². The maximum absolute atomic E-state index is 12.1. The van der Waals surface area contributed by atoms with Crippen molar-refractivity contribution in [2.75, 3.05) is 26.8 Å². The third-order valence-electron chi connectivity index (χ3n) is 5.81. The fraction of sp³-hybridized carbons (Fsp3) is 0.478. The molecule has 2 aromatic heterocycles. The lowest BCUT2D eigenvalue weighted by atomic mass is 10.0. The minimum absolute atomic E-state index is 0.0396. The second-order valence-electron chi connectivity index (χ2n) is 8.36. The van der Waals surface area contributed by atoms with Gasteiger partial charge in [-0.2, -0.15) is 0 Å². The molecule has 4 rings (SSSR count). The van der Waals surface area contributed by atoms with Crippen molar-refractivity contribution in [3.8, 4) is 0 Å². The van der Waals surface area contributed by atoms with E-state index in [1.165, 1.54) is 18.1 Å². The number of benzene rings is 1. The molecule has 164 valence electrons. The molecule has 0 radical (unpaired) electrons. The van der Waals surface area contributed by atoms with Gasteiger partial charge in [-0.05, 0) is 23.6 Å². The summed E-state index contributed by atoms with van der Waals surface area (Å²) in [6, 6.07) is 10.2. The first kappa shape index (κ1) is 21.4. The van der Waals surface area contributed by atoms with Gasteiger partial charge in [-0.15, -0.1) is 10.2 Å². The summed E-state index contributed by atoms with van der Waals surface area (Å²) in [5.41, 5.74) is 2.32. The molecule has 0 fully saturated rings. The van der Waals surface area contributed by atoms with Gasteiger partial charge in [-0.25, -0.2) is 0 Å². The van der Waals surface area contributed by atoms with Gasteiger partial charge >= 0.3 is 0 Å². The van der Waals surface area contributed by atoms with Crippen molar-refractivity contribution >= 4 is 16.8 Å². The van der Waals surface area contributed by atoms with Crippen LogP contribution in [-0.2, 0) is 29.0 Å². The van der Waals surface area contributed by atoms with E-state index in [4.69, 9.17) is 4.74 Å². The number of hydrogen-bond acceptors (Lipinski definition) is 6. The number of amides is 1. The maximum atomic E-state index is 12.1. The Morgan fingerprint density at radius 3 is 2.84 bits per heavy atom. The molecule has 8 nitrogen and oxygen atoms in total. The number of carbonyl (C=O) groups excluding carboxylic acids is 1. The van der Waals surface area contributed by atoms with Crippen LogP contribution in [0.25, 0.3) is 10.9 Å². The van der Waals surface area contributed by atoms with Crippen molar-refractivity contribution < 1.29 is 9.53 Å². The van der Waals surface area contributed by atoms with Gasteiger partial charge in [-0.3, -0.25) is 14.7 Å². The van der Waals surface area contributed by atoms with E-state index in [-0.39, 0.29) is 24.5 Å². The van der Waals surface area contributed by atoms with Crippen LogP contribution in [0.4, 0.5) is 0 Å². The number of nitrogens with one attached hydrogen (secondary N) is 1. The number of hydrogen-bond donors (Lipinski definition) is 1. The molecule has 1 aliphatic rings. The molecule has 3 aromatic rings. The molecule has 0 bridgehead atoms. The Morgan fingerprint density at radius 1 is 1.16 bits per heavy atom. The maximum Gasteiger partial charge on any atom is 0.246 e. The molecule has 1 amide bonds. The van der Waals surface area contributed by atoms with Gasteiger partial charge in [0.1, 0.15) is 12.4 Å². The van der Waals surface area contributed by atoms with E-state index in [2.05, 4.69) is 68.1 Å². The molecule has 1 N–H and O–H groups in total. The zero-order valence-corrected chi connectivity index (χ0v) is 18.4. The summed E-state index contributed by atoms with van der Waals surface area (Å²) in [5.74, 6) is 1.85. The van der Waals surface area contributed by atoms with Crippen molar-refractivity contribution in [3.63, 3.8) is 0 Å². The quantitative estimate of drug-likeness (QED) is 0.629. The summed E-state index contributed by atoms with van der Waals surface area (Å²) in [7, 11) is 1.52. The summed E-state index contributed by atoms with van der Waals surface area (Å²) in [6.45, 7) is 7.67. The van der Waals surface area contributed by atoms with E-state index < -0.39 is 0 Å². The Hall–Kier alpha value is -2.84. The second-order valence-corrected chi connectivity index (χ2v) is 8.36. The highest BCUT2D eigenvalue weighted by Gasteiger charge is 2.27. The summed E-state index contributed by atoms with van der Waals surface area (Å²) >= 11 is 0. The van der Waals surface area contributed by atoms with E-state index in [1.54, 1.807) is 0 Å². The van der Waals surface area contributed by atoms with E-state index in [9.17, 15) is 4.79 Å². The Balaban J connectivity index is 1.50. The van der Waals surface area contributed by atoms with Gasteiger partial charge in [0.25, 0.3) is 0 Å². The Labute approximate surface area is 182 Å². The largest absolute Gasteiger partial charge is 0.375 e. The minimum Gasteiger partial charge on any atom is -0.375 e. The van der Waals surface area contributed by atoms with Gasteiger partial charge in [-0.1, -0.05) is 32.0 Å². The summed E-state index contributed by atoms with van der Waals surface area (Å²) in [4.78, 5) is 19.1. The predicted octanol–water partition coefficient (Wildman–Crippen LogP) is 2.34. The molecule has 0 spiro atoms. The van der Waals surface area contributed by atoms with E-state index >= 15 is 0 Å². The first-order chi connectivity index (χ1) is 15.1. The molecular weight excluding hydrogens is 392 g/mol. The highest BCUT2D eigenvalue weighted by molar-refractivity contribution is 5.81. The standard InChI is InChI=1S/C23H30N6O2/c1-16(2)22(25-21(30)15-31-3)23-27-26-20-9-11-28(12-13-29(20)23)14-17-6-4-8-19-18(17)7-5-10-24-19/h4-8,10,16,22H,9,11-15H2,1-3H3,(H,25,30). The predicted molar refractivity (Wildman–Crippen MR) is 118 cm³/mol. The molecule has 8 heteroatoms. The van der Waals surface area contributed by atoms with Crippen molar-refractivity contribution in [2.45, 2.75) is 39.4 Å². The topological polar surface area (TPSA) is 85.2 Å². The van der Waals surface area contributed by atoms with Gasteiger partial charge in [0.05, 0.1) is 11.6 Å². The Morgan fingerprint density at radius 2 is 2.03 bits per heavy atom. The third-order valence-corrected chi connectivity index (χ3v) is 5.81. The molecule has 1 unspecified atom stereocenters. The first-order valence-electron chi connectivity index (χ1n) is 10.8. The van der Waals surface area contributed by atoms with Gasteiger partial charge in [0.2, 0.25) is 5.91 Å². The van der Waals surface area contributed by atoms with Crippen LogP contribution in [0.2, 0.25) is 0 Å². The number of fused-ring (bicyclic) bond motifs is 2. The zero-order valence-electron chi connectivity index (χ0n) is 18.4. The molecule has 0 saturated carbocycles. The lowest BCUT2D eigenvalue weighted by molar-refractivity contribution is -0.125. The van der Waals surface area contributed by atoms with E-state index in [0.29, 0.717) is 0 Å². The van der Waals surface area contributed by atoms with Gasteiger partial charge in [0.15, 0.2) is 5.82 Å². The SMILES string of the molecule is COCC(=O)NC(c1nnc2n1CCN(Cc1cccc3ncccc13)CC2)C(C)C. The highest BCUT2D eigenvalue weighted by Crippen LogP contribution is 2.24. The smallest absolute Gasteiger partial charge is 0.246 e. The summed E-state index contributed by atoms with van der Waals surface area (Å²) in [6.07, 6.45) is 2.66. The van der Waals surface area contributed by atoms with E-state index in [1.807, 2.05) is 12.3 Å². The van der Waals surface area contributed by atoms with Crippen molar-refractivity contribution in [3.05, 3.63) is 53.7 Å². The molecule has 3 heterocycles. The van der Waals surface area contributed by atoms with Crippen molar-refractivity contribution in [1.29, 1.82) is 0 Å². The molecular formula is C23H30N6O2. The molecule has 0 saturated heterocycles. The molecule has 31 heavy (non-hydrogen) atoms. The second kappa shape index (κ2) is 9.53. The number of methoxy groups -OCH3 is 1. The van der Waals surface area contributed by atoms with Crippen LogP contribution in [0.15, 0.2) is 36.5 Å². The van der Waals surface area contributed by atoms with Gasteiger partial charge < -0.3 is 14.6 Å². The number of ether oxygens (including phenoxy) is 1. The third kappa shape index (κ3) is 4.75. The van der Waals surface area contributed by atoms with E-state index in [0.717, 1.165) is 49.8 Å². The Bertz CT molecular complexity index is 1040. The van der Waals surface area contributed by atoms with Crippen LogP contribution in [0.1, 0.15) is 37.1 Å². The zero-order chi connectivity index (χ0) is 21.8. The average molecular weight is 423 g/mol. The molecule has 0 aliphatic carbocycles. The van der Waals surface area contributed by atoms with Crippen LogP contribution >= 0.6 is 0 Å². The lowest BCUT2D eigenvalue weighted by Crippen LogP contribution is -2.36. The number of aromatic nitrogens is 4. The molecule has 1 atom stereocenters. The fourth-order valence-corrected chi connectivity index (χ4v) is 4.20. The highest BCUT2D eigenvalue weighted by atomic mass is 16.5. The number of nitrogens with zero attached hydrogens (tertiary/aromatic N) is 5. The molecule has 1 aliphatic heterocycles. The number of pyridine rings is 1. The number of carbonyl (C=O) groups is 1.